The minimum absolute atomic E-state index is 0.0185. The smallest absolute Gasteiger partial charge is 0.418 e. The number of nitrogens with one attached hydrogen (secondary N) is 1. The van der Waals surface area contributed by atoms with Crippen LogP contribution in [0.2, 0.25) is 10.2 Å². The van der Waals surface area contributed by atoms with E-state index in [1.54, 1.807) is 0 Å². The summed E-state index contributed by atoms with van der Waals surface area (Å²) in [6, 6.07) is 2.88. The summed E-state index contributed by atoms with van der Waals surface area (Å²) in [4.78, 5) is 23.8. The third-order valence-corrected chi connectivity index (χ3v) is 3.92. The van der Waals surface area contributed by atoms with E-state index in [9.17, 15) is 22.8 Å². The van der Waals surface area contributed by atoms with Crippen molar-refractivity contribution in [2.45, 2.75) is 13.1 Å². The van der Waals surface area contributed by atoms with Gasteiger partial charge >= 0.3 is 12.1 Å². The lowest BCUT2D eigenvalue weighted by Crippen LogP contribution is -2.23. The highest BCUT2D eigenvalue weighted by molar-refractivity contribution is 6.32. The SMILES string of the molecule is Cc1nn(C)c(Cl)c1C(=O)OCC(=O)Nc1ccc(Cl)cc1C(F)(F)F. The molecule has 140 valence electrons. The van der Waals surface area contributed by atoms with Crippen molar-refractivity contribution in [3.63, 3.8) is 0 Å². The van der Waals surface area contributed by atoms with Crippen LogP contribution in [0.15, 0.2) is 18.2 Å². The quantitative estimate of drug-likeness (QED) is 0.778. The van der Waals surface area contributed by atoms with Gasteiger partial charge in [-0.1, -0.05) is 23.2 Å². The summed E-state index contributed by atoms with van der Waals surface area (Å²) < 4.78 is 45.0. The third kappa shape index (κ3) is 4.47. The van der Waals surface area contributed by atoms with Gasteiger partial charge in [0.25, 0.3) is 5.91 Å². The Morgan fingerprint density at radius 1 is 1.31 bits per heavy atom. The second-order valence-electron chi connectivity index (χ2n) is 5.19. The zero-order valence-electron chi connectivity index (χ0n) is 13.4. The predicted octanol–water partition coefficient (Wildman–Crippen LogP) is 3.85. The van der Waals surface area contributed by atoms with E-state index < -0.39 is 35.9 Å². The number of aryl methyl sites for hydroxylation is 2. The number of carbonyl (C=O) groups excluding carboxylic acids is 2. The predicted molar refractivity (Wildman–Crippen MR) is 88.3 cm³/mol. The van der Waals surface area contributed by atoms with E-state index in [1.165, 1.54) is 24.7 Å². The summed E-state index contributed by atoms with van der Waals surface area (Å²) in [6.45, 7) is 0.718. The van der Waals surface area contributed by atoms with Crippen molar-refractivity contribution in [1.82, 2.24) is 9.78 Å². The van der Waals surface area contributed by atoms with Gasteiger partial charge < -0.3 is 10.1 Å². The number of nitrogens with zero attached hydrogens (tertiary/aromatic N) is 2. The summed E-state index contributed by atoms with van der Waals surface area (Å²) in [5.74, 6) is -1.87. The van der Waals surface area contributed by atoms with E-state index in [0.29, 0.717) is 11.8 Å². The molecule has 0 fully saturated rings. The number of aromatic nitrogens is 2. The number of anilines is 1. The molecule has 2 aromatic rings. The van der Waals surface area contributed by atoms with Gasteiger partial charge in [-0.05, 0) is 25.1 Å². The highest BCUT2D eigenvalue weighted by Crippen LogP contribution is 2.36. The van der Waals surface area contributed by atoms with Crippen LogP contribution in [0.4, 0.5) is 18.9 Å². The number of hydrogen-bond donors (Lipinski definition) is 1. The first-order valence-electron chi connectivity index (χ1n) is 7.03. The van der Waals surface area contributed by atoms with Crippen molar-refractivity contribution in [3.8, 4) is 0 Å². The number of carbonyl (C=O) groups is 2. The van der Waals surface area contributed by atoms with Crippen LogP contribution in [0.25, 0.3) is 0 Å². The van der Waals surface area contributed by atoms with Crippen molar-refractivity contribution < 1.29 is 27.5 Å². The Balaban J connectivity index is 2.07. The fourth-order valence-corrected chi connectivity index (χ4v) is 2.54. The molecular weight excluding hydrogens is 398 g/mol. The Hall–Kier alpha value is -2.26. The van der Waals surface area contributed by atoms with Gasteiger partial charge in [0.1, 0.15) is 10.7 Å². The molecule has 6 nitrogen and oxygen atoms in total. The Labute approximate surface area is 155 Å². The molecule has 1 N–H and O–H groups in total. The standard InChI is InChI=1S/C15H12Cl2F3N3O3/c1-7-12(13(17)23(2)22-7)14(25)26-6-11(24)21-10-4-3-8(16)5-9(10)15(18,19)20/h3-5H,6H2,1-2H3,(H,21,24). The van der Waals surface area contributed by atoms with E-state index >= 15 is 0 Å². The number of alkyl halides is 3. The molecule has 0 atom stereocenters. The van der Waals surface area contributed by atoms with Gasteiger partial charge in [0.05, 0.1) is 16.9 Å². The second kappa shape index (κ2) is 7.55. The molecule has 0 bridgehead atoms. The van der Waals surface area contributed by atoms with Crippen molar-refractivity contribution in [3.05, 3.63) is 45.2 Å². The summed E-state index contributed by atoms with van der Waals surface area (Å²) in [5.41, 5.74) is -1.35. The molecule has 0 saturated heterocycles. The molecule has 1 aromatic heterocycles. The molecule has 0 saturated carbocycles. The van der Waals surface area contributed by atoms with Crippen molar-refractivity contribution in [1.29, 1.82) is 0 Å². The fraction of sp³-hybridized carbons (Fsp3) is 0.267. The average molecular weight is 410 g/mol. The molecule has 26 heavy (non-hydrogen) atoms. The molecule has 1 amide bonds. The summed E-state index contributed by atoms with van der Waals surface area (Å²) in [5, 5.41) is 5.84. The number of benzene rings is 1. The average Bonchev–Trinajstić information content (AvgIpc) is 2.78. The van der Waals surface area contributed by atoms with Gasteiger partial charge in [0.15, 0.2) is 6.61 Å². The normalized spacial score (nSPS) is 11.3. The molecule has 0 spiro atoms. The molecular formula is C15H12Cl2F3N3O3. The van der Waals surface area contributed by atoms with Crippen molar-refractivity contribution >= 4 is 40.8 Å². The van der Waals surface area contributed by atoms with Crippen LogP contribution in [-0.2, 0) is 22.8 Å². The van der Waals surface area contributed by atoms with Crippen molar-refractivity contribution in [2.75, 3.05) is 11.9 Å². The maximum atomic E-state index is 13.0. The van der Waals surface area contributed by atoms with Gasteiger partial charge in [-0.15, -0.1) is 0 Å². The molecule has 0 aliphatic rings. The first kappa shape index (κ1) is 20.1. The number of esters is 1. The van der Waals surface area contributed by atoms with E-state index in [0.717, 1.165) is 6.07 Å². The second-order valence-corrected chi connectivity index (χ2v) is 5.98. The lowest BCUT2D eigenvalue weighted by molar-refractivity contribution is -0.137. The number of hydrogen-bond acceptors (Lipinski definition) is 4. The van der Waals surface area contributed by atoms with Gasteiger partial charge in [0.2, 0.25) is 0 Å². The molecule has 2 rings (SSSR count). The van der Waals surface area contributed by atoms with Gasteiger partial charge in [-0.25, -0.2) is 4.79 Å². The fourth-order valence-electron chi connectivity index (χ4n) is 2.11. The van der Waals surface area contributed by atoms with E-state index in [4.69, 9.17) is 27.9 Å². The van der Waals surface area contributed by atoms with Crippen LogP contribution in [0.3, 0.4) is 0 Å². The summed E-state index contributed by atoms with van der Waals surface area (Å²) in [6.07, 6.45) is -4.72. The van der Waals surface area contributed by atoms with Crippen LogP contribution in [-0.4, -0.2) is 28.3 Å². The Morgan fingerprint density at radius 3 is 2.50 bits per heavy atom. The van der Waals surface area contributed by atoms with Gasteiger partial charge in [-0.3, -0.25) is 9.48 Å². The van der Waals surface area contributed by atoms with Gasteiger partial charge in [-0.2, -0.15) is 18.3 Å². The monoisotopic (exact) mass is 409 g/mol. The number of ether oxygens (including phenoxy) is 1. The van der Waals surface area contributed by atoms with Gasteiger partial charge in [0, 0.05) is 12.1 Å². The third-order valence-electron chi connectivity index (χ3n) is 3.25. The van der Waals surface area contributed by atoms with E-state index in [-0.39, 0.29) is 15.7 Å². The first-order valence-corrected chi connectivity index (χ1v) is 7.79. The maximum absolute atomic E-state index is 13.0. The Morgan fingerprint density at radius 2 is 1.96 bits per heavy atom. The topological polar surface area (TPSA) is 73.2 Å². The highest BCUT2D eigenvalue weighted by atomic mass is 35.5. The molecule has 11 heteroatoms. The summed E-state index contributed by atoms with van der Waals surface area (Å²) in [7, 11) is 1.51. The molecule has 0 aliphatic heterocycles. The number of amides is 1. The lowest BCUT2D eigenvalue weighted by atomic mass is 10.1. The van der Waals surface area contributed by atoms with Crippen LogP contribution < -0.4 is 5.32 Å². The molecule has 1 aromatic carbocycles. The maximum Gasteiger partial charge on any atom is 0.418 e. The molecule has 1 heterocycles. The van der Waals surface area contributed by atoms with Crippen molar-refractivity contribution in [2.24, 2.45) is 7.05 Å². The Kier molecular flexibility index (Phi) is 5.82. The minimum atomic E-state index is -4.72. The molecule has 0 unspecified atom stereocenters. The number of halogens is 5. The Bertz CT molecular complexity index is 866. The van der Waals surface area contributed by atoms with Crippen LogP contribution in [0.1, 0.15) is 21.6 Å². The zero-order valence-corrected chi connectivity index (χ0v) is 15.0. The van der Waals surface area contributed by atoms with Crippen LogP contribution >= 0.6 is 23.2 Å². The van der Waals surface area contributed by atoms with E-state index in [2.05, 4.69) is 5.10 Å². The summed E-state index contributed by atoms with van der Waals surface area (Å²) >= 11 is 11.5. The van der Waals surface area contributed by atoms with Crippen LogP contribution in [0.5, 0.6) is 0 Å². The molecule has 0 radical (unpaired) electrons. The largest absolute Gasteiger partial charge is 0.452 e. The highest BCUT2D eigenvalue weighted by Gasteiger charge is 2.34. The minimum Gasteiger partial charge on any atom is -0.452 e. The van der Waals surface area contributed by atoms with Crippen LogP contribution in [0, 0.1) is 6.92 Å². The lowest BCUT2D eigenvalue weighted by Gasteiger charge is -2.14. The zero-order chi connectivity index (χ0) is 19.6. The first-order chi connectivity index (χ1) is 12.0. The number of rotatable bonds is 4. The molecule has 0 aliphatic carbocycles. The van der Waals surface area contributed by atoms with E-state index in [1.807, 2.05) is 5.32 Å².